The number of thioether (sulfide) groups is 1. The van der Waals surface area contributed by atoms with Gasteiger partial charge in [-0.15, -0.1) is 11.8 Å². The minimum atomic E-state index is -1.36. The minimum Gasteiger partial charge on any atom is -0.477 e. The number of nitro benzene ring substituents is 1. The van der Waals surface area contributed by atoms with E-state index in [1.54, 1.807) is 13.8 Å². The first-order valence-electron chi connectivity index (χ1n) is 11.4. The Bertz CT molecular complexity index is 1200. The van der Waals surface area contributed by atoms with Gasteiger partial charge in [-0.3, -0.25) is 34.2 Å². The van der Waals surface area contributed by atoms with Crippen LogP contribution in [0.2, 0.25) is 0 Å². The van der Waals surface area contributed by atoms with Crippen LogP contribution in [0.1, 0.15) is 20.8 Å². The maximum atomic E-state index is 13.0. The number of para-hydroxylation sites is 2. The van der Waals surface area contributed by atoms with E-state index in [-0.39, 0.29) is 35.1 Å². The molecule has 0 aromatic heterocycles. The number of carbonyl (C=O) groups is 5. The molecular weight excluding hydrogens is 524 g/mol. The highest BCUT2D eigenvalue weighted by Crippen LogP contribution is 2.40. The van der Waals surface area contributed by atoms with Crippen LogP contribution in [0.4, 0.5) is 5.69 Å². The van der Waals surface area contributed by atoms with Crippen molar-refractivity contribution in [1.29, 1.82) is 0 Å². The topological polar surface area (TPSA) is 194 Å². The Morgan fingerprint density at radius 1 is 1.26 bits per heavy atom. The maximum absolute atomic E-state index is 13.0. The minimum absolute atomic E-state index is 0.108. The molecule has 1 aromatic carbocycles. The van der Waals surface area contributed by atoms with Crippen LogP contribution in [0, 0.1) is 16.0 Å². The van der Waals surface area contributed by atoms with Gasteiger partial charge in [-0.25, -0.2) is 4.79 Å². The van der Waals surface area contributed by atoms with Crippen molar-refractivity contribution in [3.05, 3.63) is 45.6 Å². The number of carboxylic acid groups (broad SMARTS) is 1. The van der Waals surface area contributed by atoms with E-state index < -0.39 is 64.6 Å². The molecule has 1 fully saturated rings. The molecule has 2 aliphatic rings. The number of carboxylic acids is 1. The summed E-state index contributed by atoms with van der Waals surface area (Å²) >= 11 is 1.21. The molecule has 1 saturated heterocycles. The largest absolute Gasteiger partial charge is 0.477 e. The molecule has 0 bridgehead atoms. The van der Waals surface area contributed by atoms with Gasteiger partial charge in [-0.1, -0.05) is 26.0 Å². The van der Waals surface area contributed by atoms with Crippen molar-refractivity contribution < 1.29 is 43.5 Å². The molecule has 204 valence electrons. The maximum Gasteiger partial charge on any atom is 0.352 e. The number of esters is 1. The Labute approximate surface area is 220 Å². The number of fused-ring (bicyclic) bond motifs is 1. The lowest BCUT2D eigenvalue weighted by Gasteiger charge is -2.49. The molecule has 2 aliphatic heterocycles. The highest BCUT2D eigenvalue weighted by atomic mass is 32.2. The molecule has 1 aromatic rings. The van der Waals surface area contributed by atoms with Gasteiger partial charge in [0.25, 0.3) is 11.8 Å². The lowest BCUT2D eigenvalue weighted by Crippen LogP contribution is -2.72. The van der Waals surface area contributed by atoms with E-state index in [2.05, 4.69) is 10.6 Å². The van der Waals surface area contributed by atoms with Crippen molar-refractivity contribution in [2.75, 3.05) is 19.0 Å². The van der Waals surface area contributed by atoms with Crippen molar-refractivity contribution in [2.45, 2.75) is 38.2 Å². The zero-order valence-electron chi connectivity index (χ0n) is 20.7. The Morgan fingerprint density at radius 2 is 1.95 bits per heavy atom. The third kappa shape index (κ3) is 6.22. The number of hydrogen-bond donors (Lipinski definition) is 3. The van der Waals surface area contributed by atoms with Crippen LogP contribution in [-0.2, 0) is 28.7 Å². The van der Waals surface area contributed by atoms with Gasteiger partial charge < -0.3 is 25.2 Å². The van der Waals surface area contributed by atoms with Crippen LogP contribution in [0.15, 0.2) is 35.5 Å². The average Bonchev–Trinajstić information content (AvgIpc) is 2.86. The molecule has 0 unspecified atom stereocenters. The number of ether oxygens (including phenoxy) is 2. The molecule has 3 amide bonds. The van der Waals surface area contributed by atoms with E-state index in [1.165, 1.54) is 43.0 Å². The van der Waals surface area contributed by atoms with E-state index >= 15 is 0 Å². The van der Waals surface area contributed by atoms with Gasteiger partial charge in [0.05, 0.1) is 4.92 Å². The van der Waals surface area contributed by atoms with Crippen molar-refractivity contribution in [3.8, 4) is 5.75 Å². The number of rotatable bonds is 11. The van der Waals surface area contributed by atoms with Gasteiger partial charge in [-0.2, -0.15) is 0 Å². The second-order valence-corrected chi connectivity index (χ2v) is 9.84. The standard InChI is InChI=1S/C23H26N4O10S/c1-11(2)17(24-16(29)9-37-15-7-5-4-6-14(15)27(34)35)20(30)25-18-21(31)26-19(23(32)33)13(8-36-12(3)28)10-38-22(18)26/h4-7,11,17-18,22H,8-10H2,1-3H3,(H,24,29)(H,25,30)(H,32,33)/t17-,18+,22+/m0/s1. The quantitative estimate of drug-likeness (QED) is 0.149. The molecule has 14 nitrogen and oxygen atoms in total. The number of aliphatic carboxylic acids is 1. The van der Waals surface area contributed by atoms with E-state index in [0.29, 0.717) is 0 Å². The summed E-state index contributed by atoms with van der Waals surface area (Å²) in [7, 11) is 0. The smallest absolute Gasteiger partial charge is 0.352 e. The highest BCUT2D eigenvalue weighted by Gasteiger charge is 2.54. The number of amides is 3. The number of β-lactam (4-membered cyclic amide) rings is 1. The zero-order valence-corrected chi connectivity index (χ0v) is 21.5. The SMILES string of the molecule is CC(=O)OCC1=C(C(=O)O)N2C(=O)[C@@H](NC(=O)[C@@H](NC(=O)COc3ccccc3[N+](=O)[O-])C(C)C)[C@H]2SC1. The van der Waals surface area contributed by atoms with Crippen LogP contribution >= 0.6 is 11.8 Å². The number of nitro groups is 1. The third-order valence-electron chi connectivity index (χ3n) is 5.68. The van der Waals surface area contributed by atoms with Gasteiger partial charge in [0.15, 0.2) is 12.4 Å². The van der Waals surface area contributed by atoms with E-state index in [1.807, 2.05) is 0 Å². The second-order valence-electron chi connectivity index (χ2n) is 8.74. The Morgan fingerprint density at radius 3 is 2.55 bits per heavy atom. The number of nitrogens with one attached hydrogen (secondary N) is 2. The molecule has 0 aliphatic carbocycles. The molecule has 38 heavy (non-hydrogen) atoms. The van der Waals surface area contributed by atoms with Crippen LogP contribution in [-0.4, -0.2) is 81.0 Å². The van der Waals surface area contributed by atoms with Crippen LogP contribution in [0.5, 0.6) is 5.75 Å². The summed E-state index contributed by atoms with van der Waals surface area (Å²) in [6, 6.07) is 3.43. The molecule has 0 spiro atoms. The Kier molecular flexibility index (Phi) is 8.93. The summed E-state index contributed by atoms with van der Waals surface area (Å²) in [5.74, 6) is -4.32. The molecular formula is C23H26N4O10S. The van der Waals surface area contributed by atoms with Gasteiger partial charge in [0.2, 0.25) is 5.91 Å². The summed E-state index contributed by atoms with van der Waals surface area (Å²) in [4.78, 5) is 72.7. The van der Waals surface area contributed by atoms with Crippen molar-refractivity contribution >= 4 is 47.1 Å². The fourth-order valence-corrected chi connectivity index (χ4v) is 5.18. The number of nitrogens with zero attached hydrogens (tertiary/aromatic N) is 2. The number of benzene rings is 1. The summed E-state index contributed by atoms with van der Waals surface area (Å²) in [6.45, 7) is 3.66. The first-order valence-corrected chi connectivity index (χ1v) is 12.5. The summed E-state index contributed by atoms with van der Waals surface area (Å²) in [5, 5.41) is 25.1. The Balaban J connectivity index is 1.63. The van der Waals surface area contributed by atoms with Gasteiger partial charge >= 0.3 is 17.6 Å². The van der Waals surface area contributed by atoms with Gasteiger partial charge in [0.1, 0.15) is 29.8 Å². The fourth-order valence-electron chi connectivity index (χ4n) is 3.85. The van der Waals surface area contributed by atoms with Crippen molar-refractivity contribution in [1.82, 2.24) is 15.5 Å². The van der Waals surface area contributed by atoms with Gasteiger partial charge in [-0.05, 0) is 12.0 Å². The Hall–Kier alpha value is -4.14. The summed E-state index contributed by atoms with van der Waals surface area (Å²) in [6.07, 6.45) is 0. The third-order valence-corrected chi connectivity index (χ3v) is 7.02. The van der Waals surface area contributed by atoms with Gasteiger partial charge in [0, 0.05) is 24.3 Å². The van der Waals surface area contributed by atoms with Crippen molar-refractivity contribution in [2.24, 2.45) is 5.92 Å². The monoisotopic (exact) mass is 550 g/mol. The predicted octanol–water partition coefficient (Wildman–Crippen LogP) is 0.416. The highest BCUT2D eigenvalue weighted by molar-refractivity contribution is 8.00. The number of hydrogen-bond acceptors (Lipinski definition) is 10. The average molecular weight is 551 g/mol. The summed E-state index contributed by atoms with van der Waals surface area (Å²) < 4.78 is 10.2. The molecule has 3 atom stereocenters. The normalized spacial score (nSPS) is 19.2. The molecule has 2 heterocycles. The second kappa shape index (κ2) is 11.9. The summed E-state index contributed by atoms with van der Waals surface area (Å²) in [5.41, 5.74) is -0.341. The van der Waals surface area contributed by atoms with Crippen molar-refractivity contribution in [3.63, 3.8) is 0 Å². The first-order chi connectivity index (χ1) is 17.9. The zero-order chi connectivity index (χ0) is 28.1. The first kappa shape index (κ1) is 28.4. The van der Waals surface area contributed by atoms with E-state index in [4.69, 9.17) is 9.47 Å². The molecule has 0 saturated carbocycles. The van der Waals surface area contributed by atoms with Crippen LogP contribution in [0.3, 0.4) is 0 Å². The molecule has 0 radical (unpaired) electrons. The molecule has 3 N–H and O–H groups in total. The number of carbonyl (C=O) groups excluding carboxylic acids is 4. The lowest BCUT2D eigenvalue weighted by molar-refractivity contribution is -0.385. The van der Waals surface area contributed by atoms with Crippen LogP contribution < -0.4 is 15.4 Å². The predicted molar refractivity (Wildman–Crippen MR) is 132 cm³/mol. The van der Waals surface area contributed by atoms with E-state index in [9.17, 15) is 39.2 Å². The lowest BCUT2D eigenvalue weighted by atomic mass is 9.99. The van der Waals surface area contributed by atoms with E-state index in [0.717, 1.165) is 4.90 Å². The van der Waals surface area contributed by atoms with Crippen LogP contribution in [0.25, 0.3) is 0 Å². The molecule has 3 rings (SSSR count). The molecule has 15 heteroatoms. The fraction of sp³-hybridized carbons (Fsp3) is 0.435.